The number of rotatable bonds is 2. The van der Waals surface area contributed by atoms with Crippen molar-refractivity contribution in [1.82, 2.24) is 10.3 Å². The minimum absolute atomic E-state index is 0.318. The van der Waals surface area contributed by atoms with Crippen molar-refractivity contribution in [3.8, 4) is 10.6 Å². The molecule has 1 fully saturated rings. The maximum absolute atomic E-state index is 5.75. The molecule has 2 aromatic heterocycles. The second-order valence-electron chi connectivity index (χ2n) is 3.69. The molecule has 2 aromatic rings. The predicted molar refractivity (Wildman–Crippen MR) is 59.8 cm³/mol. The largest absolute Gasteiger partial charge is 0.438 e. The van der Waals surface area contributed by atoms with Crippen LogP contribution in [0.15, 0.2) is 28.1 Å². The molecule has 1 saturated heterocycles. The predicted octanol–water partition coefficient (Wildman–Crippen LogP) is 2.83. The molecular weight excluding hydrogens is 208 g/mol. The molecule has 0 spiro atoms. The summed E-state index contributed by atoms with van der Waals surface area (Å²) < 4.78 is 5.75. The fraction of sp³-hybridized carbons (Fsp3) is 0.364. The monoisotopic (exact) mass is 220 g/mol. The van der Waals surface area contributed by atoms with Gasteiger partial charge in [-0.3, -0.25) is 0 Å². The Hall–Kier alpha value is -1.13. The van der Waals surface area contributed by atoms with Gasteiger partial charge in [0.1, 0.15) is 0 Å². The summed E-state index contributed by atoms with van der Waals surface area (Å²) >= 11 is 1.68. The summed E-state index contributed by atoms with van der Waals surface area (Å²) in [5.74, 6) is 1.71. The van der Waals surface area contributed by atoms with Crippen molar-refractivity contribution in [3.63, 3.8) is 0 Å². The Morgan fingerprint density at radius 2 is 2.53 bits per heavy atom. The lowest BCUT2D eigenvalue weighted by Crippen LogP contribution is -2.12. The second-order valence-corrected chi connectivity index (χ2v) is 4.64. The van der Waals surface area contributed by atoms with Crippen molar-refractivity contribution < 1.29 is 4.42 Å². The number of thiophene rings is 1. The molecule has 1 atom stereocenters. The Labute approximate surface area is 92.1 Å². The molecule has 15 heavy (non-hydrogen) atoms. The van der Waals surface area contributed by atoms with Gasteiger partial charge in [-0.05, 0) is 30.8 Å². The lowest BCUT2D eigenvalue weighted by molar-refractivity contribution is 0.438. The Kier molecular flexibility index (Phi) is 2.31. The summed E-state index contributed by atoms with van der Waals surface area (Å²) in [5.41, 5.74) is 0. The zero-order valence-corrected chi connectivity index (χ0v) is 9.09. The van der Waals surface area contributed by atoms with Gasteiger partial charge in [-0.25, -0.2) is 4.98 Å². The molecule has 1 unspecified atom stereocenters. The molecule has 1 aliphatic rings. The molecule has 0 amide bonds. The van der Waals surface area contributed by atoms with E-state index in [1.807, 2.05) is 17.6 Å². The molecule has 1 aliphatic heterocycles. The molecule has 0 bridgehead atoms. The fourth-order valence-corrected chi connectivity index (χ4v) is 2.55. The number of oxazole rings is 1. The minimum atomic E-state index is 0.318. The van der Waals surface area contributed by atoms with Gasteiger partial charge in [-0.1, -0.05) is 6.07 Å². The zero-order chi connectivity index (χ0) is 10.1. The molecule has 78 valence electrons. The maximum Gasteiger partial charge on any atom is 0.212 e. The Morgan fingerprint density at radius 1 is 1.53 bits per heavy atom. The zero-order valence-electron chi connectivity index (χ0n) is 8.27. The average Bonchev–Trinajstić information content (AvgIpc) is 3.02. The van der Waals surface area contributed by atoms with E-state index in [-0.39, 0.29) is 0 Å². The van der Waals surface area contributed by atoms with E-state index in [9.17, 15) is 0 Å². The summed E-state index contributed by atoms with van der Waals surface area (Å²) in [7, 11) is 0. The Morgan fingerprint density at radius 3 is 3.27 bits per heavy atom. The van der Waals surface area contributed by atoms with Crippen LogP contribution in [-0.2, 0) is 0 Å². The normalized spacial score (nSPS) is 20.9. The van der Waals surface area contributed by atoms with Crippen molar-refractivity contribution in [3.05, 3.63) is 29.6 Å². The van der Waals surface area contributed by atoms with Gasteiger partial charge in [0.05, 0.1) is 17.1 Å². The SMILES string of the molecule is c1csc(-c2cnc(C3CCCN3)o2)c1. The van der Waals surface area contributed by atoms with Crippen LogP contribution in [0.2, 0.25) is 0 Å². The molecule has 0 saturated carbocycles. The van der Waals surface area contributed by atoms with Crippen LogP contribution < -0.4 is 5.32 Å². The molecule has 0 aromatic carbocycles. The number of aromatic nitrogens is 1. The van der Waals surface area contributed by atoms with Crippen LogP contribution in [0.25, 0.3) is 10.6 Å². The topological polar surface area (TPSA) is 38.1 Å². The quantitative estimate of drug-likeness (QED) is 0.845. The van der Waals surface area contributed by atoms with Crippen LogP contribution in [0, 0.1) is 0 Å². The first-order chi connectivity index (χ1) is 7.43. The van der Waals surface area contributed by atoms with Crippen LogP contribution in [0.3, 0.4) is 0 Å². The maximum atomic E-state index is 5.75. The molecule has 0 aliphatic carbocycles. The third-order valence-corrected chi connectivity index (χ3v) is 3.53. The molecule has 1 N–H and O–H groups in total. The highest BCUT2D eigenvalue weighted by atomic mass is 32.1. The van der Waals surface area contributed by atoms with Gasteiger partial charge in [0, 0.05) is 0 Å². The highest BCUT2D eigenvalue weighted by Gasteiger charge is 2.21. The molecule has 0 radical (unpaired) electrons. The number of hydrogen-bond acceptors (Lipinski definition) is 4. The average molecular weight is 220 g/mol. The first-order valence-corrected chi connectivity index (χ1v) is 6.04. The van der Waals surface area contributed by atoms with Crippen molar-refractivity contribution in [2.24, 2.45) is 0 Å². The van der Waals surface area contributed by atoms with Gasteiger partial charge in [0.2, 0.25) is 5.89 Å². The van der Waals surface area contributed by atoms with E-state index in [1.165, 1.54) is 6.42 Å². The van der Waals surface area contributed by atoms with E-state index < -0.39 is 0 Å². The van der Waals surface area contributed by atoms with Gasteiger partial charge in [-0.2, -0.15) is 0 Å². The first kappa shape index (κ1) is 9.12. The van der Waals surface area contributed by atoms with Crippen LogP contribution in [-0.4, -0.2) is 11.5 Å². The number of nitrogens with one attached hydrogen (secondary N) is 1. The highest BCUT2D eigenvalue weighted by Crippen LogP contribution is 2.29. The summed E-state index contributed by atoms with van der Waals surface area (Å²) in [4.78, 5) is 5.48. The highest BCUT2D eigenvalue weighted by molar-refractivity contribution is 7.13. The van der Waals surface area contributed by atoms with E-state index >= 15 is 0 Å². The van der Waals surface area contributed by atoms with E-state index in [1.54, 1.807) is 11.3 Å². The standard InChI is InChI=1S/C11H12N2OS/c1-3-8(12-5-1)11-13-7-9(14-11)10-4-2-6-15-10/h2,4,6-8,12H,1,3,5H2. The molecular formula is C11H12N2OS. The Bertz CT molecular complexity index is 429. The van der Waals surface area contributed by atoms with Gasteiger partial charge in [0.25, 0.3) is 0 Å². The van der Waals surface area contributed by atoms with Gasteiger partial charge < -0.3 is 9.73 Å². The molecule has 3 rings (SSSR count). The summed E-state index contributed by atoms with van der Waals surface area (Å²) in [6.45, 7) is 1.07. The van der Waals surface area contributed by atoms with E-state index in [0.29, 0.717) is 6.04 Å². The minimum Gasteiger partial charge on any atom is -0.438 e. The van der Waals surface area contributed by atoms with E-state index in [2.05, 4.69) is 16.4 Å². The second kappa shape index (κ2) is 3.79. The van der Waals surface area contributed by atoms with Crippen LogP contribution in [0.5, 0.6) is 0 Å². The lowest BCUT2D eigenvalue weighted by Gasteiger charge is -2.03. The molecule has 3 nitrogen and oxygen atoms in total. The van der Waals surface area contributed by atoms with Gasteiger partial charge in [0.15, 0.2) is 5.76 Å². The van der Waals surface area contributed by atoms with Crippen molar-refractivity contribution in [2.75, 3.05) is 6.54 Å². The Balaban J connectivity index is 1.87. The van der Waals surface area contributed by atoms with Crippen molar-refractivity contribution in [1.29, 1.82) is 0 Å². The van der Waals surface area contributed by atoms with Crippen molar-refractivity contribution >= 4 is 11.3 Å². The van der Waals surface area contributed by atoms with Crippen LogP contribution in [0.1, 0.15) is 24.8 Å². The summed E-state index contributed by atoms with van der Waals surface area (Å²) in [5, 5.41) is 5.43. The summed E-state index contributed by atoms with van der Waals surface area (Å²) in [6, 6.07) is 4.39. The lowest BCUT2D eigenvalue weighted by atomic mass is 10.2. The van der Waals surface area contributed by atoms with Gasteiger partial charge >= 0.3 is 0 Å². The van der Waals surface area contributed by atoms with Crippen LogP contribution >= 0.6 is 11.3 Å². The third-order valence-electron chi connectivity index (χ3n) is 2.65. The van der Waals surface area contributed by atoms with E-state index in [4.69, 9.17) is 4.42 Å². The number of hydrogen-bond donors (Lipinski definition) is 1. The van der Waals surface area contributed by atoms with Crippen LogP contribution in [0.4, 0.5) is 0 Å². The molecule has 3 heterocycles. The smallest absolute Gasteiger partial charge is 0.212 e. The van der Waals surface area contributed by atoms with E-state index in [0.717, 1.165) is 29.5 Å². The van der Waals surface area contributed by atoms with Gasteiger partial charge in [-0.15, -0.1) is 11.3 Å². The summed E-state index contributed by atoms with van der Waals surface area (Å²) in [6.07, 6.45) is 4.16. The first-order valence-electron chi connectivity index (χ1n) is 5.16. The van der Waals surface area contributed by atoms with Crippen molar-refractivity contribution in [2.45, 2.75) is 18.9 Å². The third kappa shape index (κ3) is 1.70. The molecule has 4 heteroatoms. The number of nitrogens with zero attached hydrogens (tertiary/aromatic N) is 1. The fourth-order valence-electron chi connectivity index (χ4n) is 1.88.